The number of carbonyl (C=O) groups excluding carboxylic acids is 2. The molecule has 0 aliphatic carbocycles. The average Bonchev–Trinajstić information content (AvgIpc) is 3.20. The lowest BCUT2D eigenvalue weighted by Gasteiger charge is -2.18. The highest BCUT2D eigenvalue weighted by Gasteiger charge is 2.17. The first-order valence-corrected chi connectivity index (χ1v) is 22.4. The average molecular weight is 775 g/mol. The molecule has 0 radical (unpaired) electrons. The van der Waals surface area contributed by atoms with E-state index in [1.807, 2.05) is 0 Å². The number of ether oxygens (including phenoxy) is 3. The van der Waals surface area contributed by atoms with Gasteiger partial charge in [0.1, 0.15) is 6.61 Å². The highest BCUT2D eigenvalue weighted by Crippen LogP contribution is 2.10. The summed E-state index contributed by atoms with van der Waals surface area (Å²) in [5, 5.41) is 0. The second-order valence-electron chi connectivity index (χ2n) is 14.2. The van der Waals surface area contributed by atoms with Crippen LogP contribution < -0.4 is 0 Å². The number of esters is 2. The minimum atomic E-state index is -0.580. The number of hydrogen-bond acceptors (Lipinski definition) is 5. The highest BCUT2D eigenvalue weighted by atomic mass is 16.6. The molecule has 0 aliphatic rings. The Morgan fingerprint density at radius 2 is 0.750 bits per heavy atom. The van der Waals surface area contributed by atoms with Crippen molar-refractivity contribution >= 4 is 11.9 Å². The summed E-state index contributed by atoms with van der Waals surface area (Å²) >= 11 is 0. The Labute approximate surface area is 344 Å². The predicted octanol–water partition coefficient (Wildman–Crippen LogP) is 14.9. The van der Waals surface area contributed by atoms with E-state index in [2.05, 4.69) is 130 Å². The van der Waals surface area contributed by atoms with Crippen LogP contribution in [0.15, 0.2) is 109 Å². The molecular weight excluding hydrogens is 693 g/mol. The van der Waals surface area contributed by atoms with Gasteiger partial charge in [0.25, 0.3) is 0 Å². The molecule has 56 heavy (non-hydrogen) atoms. The fraction of sp³-hybridized carbons (Fsp3) is 0.608. The minimum absolute atomic E-state index is 0.0418. The van der Waals surface area contributed by atoms with Gasteiger partial charge in [-0.2, -0.15) is 0 Å². The molecule has 0 rings (SSSR count). The Kier molecular flexibility index (Phi) is 43.1. The van der Waals surface area contributed by atoms with Gasteiger partial charge in [0, 0.05) is 19.4 Å². The van der Waals surface area contributed by atoms with E-state index in [-0.39, 0.29) is 25.2 Å². The standard InChI is InChI=1S/C51H82O5/c1-4-7-10-13-16-19-22-25-28-31-34-37-40-43-46-54-47-49(56-51(53)45-42-39-36-33-30-27-24-21-18-15-12-9-6-3)48-55-50(52)44-41-38-35-32-29-26-23-20-17-14-11-8-5-2/h7-12,16-21,25-30,49H,4-6,13-15,22-24,31-48H2,1-3H3/b10-7-,11-8-,12-9-,19-16-,20-17-,21-18-,28-25-,29-26-,30-27-. The van der Waals surface area contributed by atoms with E-state index in [0.29, 0.717) is 19.4 Å². The van der Waals surface area contributed by atoms with Crippen LogP contribution in [-0.4, -0.2) is 37.9 Å². The molecule has 0 saturated heterocycles. The van der Waals surface area contributed by atoms with E-state index < -0.39 is 6.10 Å². The van der Waals surface area contributed by atoms with Gasteiger partial charge >= 0.3 is 11.9 Å². The summed E-state index contributed by atoms with van der Waals surface area (Å²) < 4.78 is 17.2. The lowest BCUT2D eigenvalue weighted by atomic mass is 10.1. The van der Waals surface area contributed by atoms with Crippen LogP contribution in [0.4, 0.5) is 0 Å². The zero-order chi connectivity index (χ0) is 40.7. The van der Waals surface area contributed by atoms with Crippen molar-refractivity contribution in [3.8, 4) is 0 Å². The summed E-state index contributed by atoms with van der Waals surface area (Å²) in [6, 6.07) is 0. The van der Waals surface area contributed by atoms with Gasteiger partial charge in [-0.25, -0.2) is 0 Å². The number of carbonyl (C=O) groups is 2. The van der Waals surface area contributed by atoms with Crippen LogP contribution in [0.5, 0.6) is 0 Å². The molecule has 316 valence electrons. The number of hydrogen-bond donors (Lipinski definition) is 0. The first-order chi connectivity index (χ1) is 27.6. The topological polar surface area (TPSA) is 61.8 Å². The summed E-state index contributed by atoms with van der Waals surface area (Å²) in [6.07, 6.45) is 62.4. The van der Waals surface area contributed by atoms with Gasteiger partial charge in [0.15, 0.2) is 6.10 Å². The van der Waals surface area contributed by atoms with Crippen LogP contribution in [0.3, 0.4) is 0 Å². The van der Waals surface area contributed by atoms with E-state index in [1.54, 1.807) is 0 Å². The van der Waals surface area contributed by atoms with Gasteiger partial charge in [0.2, 0.25) is 0 Å². The molecule has 0 fully saturated rings. The van der Waals surface area contributed by atoms with Gasteiger partial charge in [-0.05, 0) is 116 Å². The van der Waals surface area contributed by atoms with Crippen LogP contribution in [0.2, 0.25) is 0 Å². The van der Waals surface area contributed by atoms with Crippen LogP contribution in [0, 0.1) is 0 Å². The second kappa shape index (κ2) is 45.9. The first-order valence-electron chi connectivity index (χ1n) is 22.4. The number of rotatable bonds is 39. The third kappa shape index (κ3) is 43.3. The molecule has 0 saturated carbocycles. The summed E-state index contributed by atoms with van der Waals surface area (Å²) in [7, 11) is 0. The van der Waals surface area contributed by atoms with Crippen molar-refractivity contribution < 1.29 is 23.8 Å². The van der Waals surface area contributed by atoms with Crippen molar-refractivity contribution in [2.24, 2.45) is 0 Å². The van der Waals surface area contributed by atoms with E-state index in [9.17, 15) is 9.59 Å². The Morgan fingerprint density at radius 1 is 0.393 bits per heavy atom. The zero-order valence-corrected chi connectivity index (χ0v) is 36.1. The SMILES string of the molecule is CC/C=C\C/C=C\C/C=C\CCCCCCOCC(COC(=O)CCCCC/C=C\C/C=C\C/C=C\CC)OC(=O)CCCCC/C=C\C/C=C\C/C=C\CC. The highest BCUT2D eigenvalue weighted by molar-refractivity contribution is 5.70. The molecule has 0 N–H and O–H groups in total. The molecule has 0 amide bonds. The quantitative estimate of drug-likeness (QED) is 0.0354. The van der Waals surface area contributed by atoms with Crippen LogP contribution in [0.25, 0.3) is 0 Å². The van der Waals surface area contributed by atoms with Crippen molar-refractivity contribution in [2.45, 2.75) is 181 Å². The van der Waals surface area contributed by atoms with Gasteiger partial charge in [0.05, 0.1) is 6.61 Å². The smallest absolute Gasteiger partial charge is 0.306 e. The molecule has 0 aromatic heterocycles. The molecular formula is C51H82O5. The lowest BCUT2D eigenvalue weighted by Crippen LogP contribution is -2.30. The lowest BCUT2D eigenvalue weighted by molar-refractivity contribution is -0.163. The third-order valence-corrected chi connectivity index (χ3v) is 8.79. The molecule has 5 nitrogen and oxygen atoms in total. The molecule has 1 atom stereocenters. The molecule has 0 aromatic rings. The first kappa shape index (κ1) is 52.6. The minimum Gasteiger partial charge on any atom is -0.462 e. The van der Waals surface area contributed by atoms with Crippen molar-refractivity contribution in [3.05, 3.63) is 109 Å². The third-order valence-electron chi connectivity index (χ3n) is 8.79. The number of unbranched alkanes of at least 4 members (excludes halogenated alkanes) is 10. The summed E-state index contributed by atoms with van der Waals surface area (Å²) in [5.41, 5.74) is 0. The molecule has 5 heteroatoms. The Hall–Kier alpha value is -3.44. The Morgan fingerprint density at radius 3 is 1.18 bits per heavy atom. The zero-order valence-electron chi connectivity index (χ0n) is 36.1. The van der Waals surface area contributed by atoms with Crippen LogP contribution in [-0.2, 0) is 23.8 Å². The predicted molar refractivity (Wildman–Crippen MR) is 242 cm³/mol. The van der Waals surface area contributed by atoms with E-state index >= 15 is 0 Å². The van der Waals surface area contributed by atoms with Gasteiger partial charge < -0.3 is 14.2 Å². The monoisotopic (exact) mass is 775 g/mol. The molecule has 0 heterocycles. The fourth-order valence-corrected chi connectivity index (χ4v) is 5.55. The summed E-state index contributed by atoms with van der Waals surface area (Å²) in [6.45, 7) is 7.34. The largest absolute Gasteiger partial charge is 0.462 e. The van der Waals surface area contributed by atoms with Crippen molar-refractivity contribution in [1.29, 1.82) is 0 Å². The Balaban J connectivity index is 4.43. The summed E-state index contributed by atoms with van der Waals surface area (Å²) in [4.78, 5) is 25.2. The molecule has 0 spiro atoms. The Bertz CT molecular complexity index is 1150. The van der Waals surface area contributed by atoms with E-state index in [4.69, 9.17) is 14.2 Å². The maximum Gasteiger partial charge on any atom is 0.306 e. The molecule has 0 aromatic carbocycles. The van der Waals surface area contributed by atoms with Crippen molar-refractivity contribution in [3.63, 3.8) is 0 Å². The normalized spacial score (nSPS) is 13.3. The molecule has 1 unspecified atom stereocenters. The van der Waals surface area contributed by atoms with E-state index in [0.717, 1.165) is 135 Å². The maximum atomic E-state index is 12.7. The van der Waals surface area contributed by atoms with Gasteiger partial charge in [-0.3, -0.25) is 9.59 Å². The summed E-state index contributed by atoms with van der Waals surface area (Å²) in [5.74, 6) is -0.490. The molecule has 0 aliphatic heterocycles. The second-order valence-corrected chi connectivity index (χ2v) is 14.2. The van der Waals surface area contributed by atoms with Gasteiger partial charge in [-0.15, -0.1) is 0 Å². The van der Waals surface area contributed by atoms with Crippen molar-refractivity contribution in [2.75, 3.05) is 19.8 Å². The van der Waals surface area contributed by atoms with E-state index in [1.165, 1.54) is 6.42 Å². The van der Waals surface area contributed by atoms with Crippen LogP contribution >= 0.6 is 0 Å². The van der Waals surface area contributed by atoms with Crippen LogP contribution in [0.1, 0.15) is 175 Å². The number of allylic oxidation sites excluding steroid dienone is 18. The van der Waals surface area contributed by atoms with Gasteiger partial charge in [-0.1, -0.05) is 156 Å². The molecule has 0 bridgehead atoms. The van der Waals surface area contributed by atoms with Crippen molar-refractivity contribution in [1.82, 2.24) is 0 Å². The maximum absolute atomic E-state index is 12.7. The fourth-order valence-electron chi connectivity index (χ4n) is 5.55.